The Balaban J connectivity index is 1.66. The minimum Gasteiger partial charge on any atom is -0.497 e. The quantitative estimate of drug-likeness (QED) is 0.297. The van der Waals surface area contributed by atoms with E-state index < -0.39 is 27.6 Å². The highest BCUT2D eigenvalue weighted by Gasteiger charge is 2.32. The molecule has 0 radical (unpaired) electrons. The molecule has 170 valence electrons. The van der Waals surface area contributed by atoms with E-state index in [1.165, 1.54) is 28.6 Å². The highest BCUT2D eigenvalue weighted by atomic mass is 32.2. The number of carbonyl (C=O) groups is 1. The standard InChI is InChI=1S/C23H25FN2O5S/c1-31-23-10-5-19(6-11-23)20-12-14-25(15-13-20)32(29,30)16-22(26(28)17-27)9-4-18-2-7-21(24)8-3-18/h2-3,5-8,10-11,17,20,22,28H,12-16H2,1H3. The fraction of sp³-hybridized carbons (Fsp3) is 0.348. The number of halogens is 1. The van der Waals surface area contributed by atoms with Gasteiger partial charge >= 0.3 is 0 Å². The Morgan fingerprint density at radius 2 is 1.81 bits per heavy atom. The van der Waals surface area contributed by atoms with Crippen LogP contribution in [0.4, 0.5) is 4.39 Å². The van der Waals surface area contributed by atoms with E-state index >= 15 is 0 Å². The van der Waals surface area contributed by atoms with Crippen LogP contribution in [0.3, 0.4) is 0 Å². The molecule has 1 fully saturated rings. The van der Waals surface area contributed by atoms with Crippen molar-refractivity contribution in [3.05, 3.63) is 65.5 Å². The molecule has 2 aromatic rings. The SMILES string of the molecule is COc1ccc(C2CCN(S(=O)(=O)CC(C#Cc3ccc(F)cc3)N(O)C=O)CC2)cc1. The van der Waals surface area contributed by atoms with E-state index in [9.17, 15) is 22.8 Å². The van der Waals surface area contributed by atoms with Crippen molar-refractivity contribution in [2.75, 3.05) is 26.0 Å². The molecule has 0 aliphatic carbocycles. The minimum absolute atomic E-state index is 0.120. The van der Waals surface area contributed by atoms with Gasteiger partial charge in [0.2, 0.25) is 16.4 Å². The van der Waals surface area contributed by atoms with Crippen LogP contribution in [0.5, 0.6) is 5.75 Å². The molecule has 0 saturated carbocycles. The fourth-order valence-corrected chi connectivity index (χ4v) is 5.22. The summed E-state index contributed by atoms with van der Waals surface area (Å²) >= 11 is 0. The van der Waals surface area contributed by atoms with Gasteiger partial charge in [-0.1, -0.05) is 24.0 Å². The van der Waals surface area contributed by atoms with Crippen molar-refractivity contribution in [3.63, 3.8) is 0 Å². The molecule has 9 heteroatoms. The highest BCUT2D eigenvalue weighted by Crippen LogP contribution is 2.30. The van der Waals surface area contributed by atoms with E-state index in [1.807, 2.05) is 24.3 Å². The molecule has 1 unspecified atom stereocenters. The van der Waals surface area contributed by atoms with Crippen LogP contribution in [-0.4, -0.2) is 61.4 Å². The third kappa shape index (κ3) is 6.07. The number of amides is 1. The summed E-state index contributed by atoms with van der Waals surface area (Å²) < 4.78 is 45.5. The van der Waals surface area contributed by atoms with Crippen molar-refractivity contribution < 1.29 is 27.5 Å². The summed E-state index contributed by atoms with van der Waals surface area (Å²) in [5.74, 6) is 5.33. The summed E-state index contributed by atoms with van der Waals surface area (Å²) in [4.78, 5) is 11.1. The fourth-order valence-electron chi connectivity index (χ4n) is 3.61. The number of benzene rings is 2. The lowest BCUT2D eigenvalue weighted by Crippen LogP contribution is -2.44. The topological polar surface area (TPSA) is 87.2 Å². The summed E-state index contributed by atoms with van der Waals surface area (Å²) in [6.45, 7) is 0.674. The largest absolute Gasteiger partial charge is 0.497 e. The van der Waals surface area contributed by atoms with Crippen LogP contribution in [0.25, 0.3) is 0 Å². The average Bonchev–Trinajstić information content (AvgIpc) is 2.82. The third-order valence-electron chi connectivity index (χ3n) is 5.46. The van der Waals surface area contributed by atoms with Gasteiger partial charge in [0.15, 0.2) is 0 Å². The monoisotopic (exact) mass is 460 g/mol. The lowest BCUT2D eigenvalue weighted by atomic mass is 9.90. The Hall–Kier alpha value is -2.93. The zero-order valence-electron chi connectivity index (χ0n) is 17.6. The van der Waals surface area contributed by atoms with Crippen LogP contribution in [0.2, 0.25) is 0 Å². The van der Waals surface area contributed by atoms with Gasteiger partial charge in [-0.15, -0.1) is 0 Å². The Morgan fingerprint density at radius 3 is 2.38 bits per heavy atom. The Labute approximate surface area is 187 Å². The van der Waals surface area contributed by atoms with Crippen LogP contribution in [0.15, 0.2) is 48.5 Å². The summed E-state index contributed by atoms with van der Waals surface area (Å²) in [5, 5.41) is 10.1. The van der Waals surface area contributed by atoms with Gasteiger partial charge in [-0.05, 0) is 60.7 Å². The maximum Gasteiger partial charge on any atom is 0.234 e. The van der Waals surface area contributed by atoms with Crippen LogP contribution in [0, 0.1) is 17.7 Å². The van der Waals surface area contributed by atoms with E-state index in [-0.39, 0.29) is 17.4 Å². The highest BCUT2D eigenvalue weighted by molar-refractivity contribution is 7.89. The molecule has 32 heavy (non-hydrogen) atoms. The molecular formula is C23H25FN2O5S. The molecule has 0 aromatic heterocycles. The lowest BCUT2D eigenvalue weighted by molar-refractivity contribution is -0.153. The smallest absolute Gasteiger partial charge is 0.234 e. The van der Waals surface area contributed by atoms with Crippen molar-refractivity contribution in [2.45, 2.75) is 24.8 Å². The first-order valence-electron chi connectivity index (χ1n) is 10.1. The molecule has 1 saturated heterocycles. The third-order valence-corrected chi connectivity index (χ3v) is 7.35. The van der Waals surface area contributed by atoms with Crippen molar-refractivity contribution in [3.8, 4) is 17.6 Å². The maximum atomic E-state index is 13.0. The molecule has 0 spiro atoms. The number of methoxy groups -OCH3 is 1. The zero-order chi connectivity index (χ0) is 23.1. The van der Waals surface area contributed by atoms with E-state index in [0.29, 0.717) is 31.5 Å². The van der Waals surface area contributed by atoms with Gasteiger partial charge < -0.3 is 4.74 Å². The zero-order valence-corrected chi connectivity index (χ0v) is 18.5. The van der Waals surface area contributed by atoms with E-state index in [0.717, 1.165) is 11.3 Å². The van der Waals surface area contributed by atoms with Gasteiger partial charge in [0.25, 0.3) is 0 Å². The number of sulfonamides is 1. The van der Waals surface area contributed by atoms with Gasteiger partial charge in [-0.3, -0.25) is 10.0 Å². The second-order valence-corrected chi connectivity index (χ2v) is 9.52. The lowest BCUT2D eigenvalue weighted by Gasteiger charge is -2.32. The number of nitrogens with zero attached hydrogens (tertiary/aromatic N) is 2. The number of rotatable bonds is 7. The molecule has 3 rings (SSSR count). The van der Waals surface area contributed by atoms with Crippen LogP contribution in [-0.2, 0) is 14.8 Å². The van der Waals surface area contributed by atoms with Gasteiger partial charge in [0.1, 0.15) is 17.6 Å². The molecule has 7 nitrogen and oxygen atoms in total. The number of hydroxylamine groups is 2. The van der Waals surface area contributed by atoms with Crippen LogP contribution < -0.4 is 4.74 Å². The first kappa shape index (κ1) is 23.7. The van der Waals surface area contributed by atoms with E-state index in [2.05, 4.69) is 11.8 Å². The Morgan fingerprint density at radius 1 is 1.19 bits per heavy atom. The van der Waals surface area contributed by atoms with Crippen LogP contribution in [0.1, 0.15) is 29.9 Å². The van der Waals surface area contributed by atoms with Gasteiger partial charge in [-0.25, -0.2) is 22.2 Å². The molecule has 1 amide bonds. The molecule has 1 atom stereocenters. The Bertz CT molecular complexity index is 1070. The van der Waals surface area contributed by atoms with Gasteiger partial charge in [0.05, 0.1) is 12.9 Å². The van der Waals surface area contributed by atoms with Crippen molar-refractivity contribution >= 4 is 16.4 Å². The predicted molar refractivity (Wildman–Crippen MR) is 117 cm³/mol. The number of hydrogen-bond acceptors (Lipinski definition) is 5. The second-order valence-electron chi connectivity index (χ2n) is 7.50. The first-order valence-corrected chi connectivity index (χ1v) is 11.7. The van der Waals surface area contributed by atoms with Crippen molar-refractivity contribution in [2.24, 2.45) is 0 Å². The normalized spacial score (nSPS) is 16.0. The molecular weight excluding hydrogens is 435 g/mol. The Kier molecular flexibility index (Phi) is 7.85. The molecule has 1 heterocycles. The number of carbonyl (C=O) groups excluding carboxylic acids is 1. The summed E-state index contributed by atoms with van der Waals surface area (Å²) in [6.07, 6.45) is 1.44. The predicted octanol–water partition coefficient (Wildman–Crippen LogP) is 2.61. The molecule has 0 bridgehead atoms. The number of ether oxygens (including phenoxy) is 1. The van der Waals surface area contributed by atoms with E-state index in [4.69, 9.17) is 4.74 Å². The summed E-state index contributed by atoms with van der Waals surface area (Å²) in [5.41, 5.74) is 1.57. The molecule has 2 aromatic carbocycles. The summed E-state index contributed by atoms with van der Waals surface area (Å²) in [7, 11) is -2.17. The average molecular weight is 461 g/mol. The molecule has 1 aliphatic rings. The minimum atomic E-state index is -3.77. The van der Waals surface area contributed by atoms with Crippen LogP contribution >= 0.6 is 0 Å². The molecule has 1 aliphatic heterocycles. The first-order chi connectivity index (χ1) is 15.3. The van der Waals surface area contributed by atoms with Gasteiger partial charge in [0, 0.05) is 18.7 Å². The van der Waals surface area contributed by atoms with E-state index in [1.54, 1.807) is 7.11 Å². The second kappa shape index (κ2) is 10.6. The summed E-state index contributed by atoms with van der Waals surface area (Å²) in [6, 6.07) is 11.8. The number of hydrogen-bond donors (Lipinski definition) is 1. The number of piperidine rings is 1. The van der Waals surface area contributed by atoms with Gasteiger partial charge in [-0.2, -0.15) is 0 Å². The van der Waals surface area contributed by atoms with Crippen molar-refractivity contribution in [1.29, 1.82) is 0 Å². The molecule has 1 N–H and O–H groups in total. The van der Waals surface area contributed by atoms with Crippen molar-refractivity contribution in [1.82, 2.24) is 9.37 Å². The maximum absolute atomic E-state index is 13.0.